The highest BCUT2D eigenvalue weighted by Crippen LogP contribution is 2.15. The SMILES string of the molecule is Cc1nc(CCN)nc(-c2cccc(F)c2)n1. The average Bonchev–Trinajstić information content (AvgIpc) is 2.28. The number of aromatic nitrogens is 3. The van der Waals surface area contributed by atoms with Gasteiger partial charge in [0.15, 0.2) is 5.82 Å². The van der Waals surface area contributed by atoms with Gasteiger partial charge in [0, 0.05) is 12.0 Å². The van der Waals surface area contributed by atoms with Gasteiger partial charge in [-0.3, -0.25) is 0 Å². The molecule has 0 unspecified atom stereocenters. The summed E-state index contributed by atoms with van der Waals surface area (Å²) in [4.78, 5) is 12.6. The van der Waals surface area contributed by atoms with Gasteiger partial charge in [-0.15, -0.1) is 0 Å². The molecule has 0 saturated heterocycles. The molecule has 1 heterocycles. The molecule has 2 N–H and O–H groups in total. The van der Waals surface area contributed by atoms with Gasteiger partial charge in [0.25, 0.3) is 0 Å². The van der Waals surface area contributed by atoms with Gasteiger partial charge in [-0.25, -0.2) is 19.3 Å². The molecule has 0 aliphatic rings. The highest BCUT2D eigenvalue weighted by molar-refractivity contribution is 5.54. The zero-order chi connectivity index (χ0) is 12.3. The normalized spacial score (nSPS) is 10.5. The van der Waals surface area contributed by atoms with Crippen molar-refractivity contribution in [1.29, 1.82) is 0 Å². The number of nitrogens with zero attached hydrogens (tertiary/aromatic N) is 3. The van der Waals surface area contributed by atoms with E-state index in [1.807, 2.05) is 0 Å². The molecule has 5 heteroatoms. The molecule has 2 aromatic rings. The molecule has 88 valence electrons. The molecular formula is C12H13FN4. The maximum absolute atomic E-state index is 13.1. The minimum Gasteiger partial charge on any atom is -0.330 e. The van der Waals surface area contributed by atoms with Crippen LogP contribution in [0.3, 0.4) is 0 Å². The third-order valence-corrected chi connectivity index (χ3v) is 2.24. The Hall–Kier alpha value is -1.88. The van der Waals surface area contributed by atoms with E-state index in [1.165, 1.54) is 12.1 Å². The van der Waals surface area contributed by atoms with E-state index in [9.17, 15) is 4.39 Å². The lowest BCUT2D eigenvalue weighted by molar-refractivity contribution is 0.628. The number of hydrogen-bond acceptors (Lipinski definition) is 4. The lowest BCUT2D eigenvalue weighted by Gasteiger charge is -2.04. The first kappa shape index (κ1) is 11.6. The standard InChI is InChI=1S/C12H13FN4/c1-8-15-11(5-6-14)17-12(16-8)9-3-2-4-10(13)7-9/h2-4,7H,5-6,14H2,1H3. The molecule has 0 spiro atoms. The molecule has 1 aromatic carbocycles. The van der Waals surface area contributed by atoms with E-state index < -0.39 is 0 Å². The Morgan fingerprint density at radius 1 is 1.24 bits per heavy atom. The third kappa shape index (κ3) is 2.82. The largest absolute Gasteiger partial charge is 0.330 e. The van der Waals surface area contributed by atoms with Crippen LogP contribution < -0.4 is 5.73 Å². The van der Waals surface area contributed by atoms with Crippen LogP contribution in [-0.4, -0.2) is 21.5 Å². The maximum atomic E-state index is 13.1. The van der Waals surface area contributed by atoms with E-state index >= 15 is 0 Å². The van der Waals surface area contributed by atoms with Crippen molar-refractivity contribution < 1.29 is 4.39 Å². The quantitative estimate of drug-likeness (QED) is 0.870. The summed E-state index contributed by atoms with van der Waals surface area (Å²) in [7, 11) is 0. The van der Waals surface area contributed by atoms with E-state index in [0.717, 1.165) is 0 Å². The molecule has 17 heavy (non-hydrogen) atoms. The van der Waals surface area contributed by atoms with Crippen LogP contribution >= 0.6 is 0 Å². The van der Waals surface area contributed by atoms with Crippen molar-refractivity contribution in [2.24, 2.45) is 5.73 Å². The Morgan fingerprint density at radius 2 is 2.06 bits per heavy atom. The van der Waals surface area contributed by atoms with Crippen LogP contribution in [0, 0.1) is 12.7 Å². The van der Waals surface area contributed by atoms with Crippen LogP contribution in [0.15, 0.2) is 24.3 Å². The fourth-order valence-corrected chi connectivity index (χ4v) is 1.53. The second kappa shape index (κ2) is 4.97. The Labute approximate surface area is 98.7 Å². The first-order chi connectivity index (χ1) is 8.19. The molecule has 0 bridgehead atoms. The van der Waals surface area contributed by atoms with Gasteiger partial charge in [0.05, 0.1) is 0 Å². The van der Waals surface area contributed by atoms with E-state index in [-0.39, 0.29) is 5.82 Å². The summed E-state index contributed by atoms with van der Waals surface area (Å²) in [5.74, 6) is 1.43. The molecule has 0 atom stereocenters. The molecule has 0 aliphatic carbocycles. The van der Waals surface area contributed by atoms with Gasteiger partial charge in [-0.2, -0.15) is 0 Å². The van der Waals surface area contributed by atoms with Crippen molar-refractivity contribution in [3.8, 4) is 11.4 Å². The van der Waals surface area contributed by atoms with Crippen molar-refractivity contribution in [3.05, 3.63) is 41.7 Å². The van der Waals surface area contributed by atoms with Gasteiger partial charge in [-0.1, -0.05) is 12.1 Å². The van der Waals surface area contributed by atoms with E-state index in [1.54, 1.807) is 19.1 Å². The number of nitrogens with two attached hydrogens (primary N) is 1. The Bertz CT molecular complexity index is 528. The Morgan fingerprint density at radius 3 is 2.76 bits per heavy atom. The van der Waals surface area contributed by atoms with Crippen LogP contribution in [0.2, 0.25) is 0 Å². The summed E-state index contributed by atoms with van der Waals surface area (Å²) >= 11 is 0. The van der Waals surface area contributed by atoms with Gasteiger partial charge in [0.1, 0.15) is 17.5 Å². The third-order valence-electron chi connectivity index (χ3n) is 2.24. The number of halogens is 1. The zero-order valence-electron chi connectivity index (χ0n) is 9.52. The monoisotopic (exact) mass is 232 g/mol. The number of hydrogen-bond donors (Lipinski definition) is 1. The van der Waals surface area contributed by atoms with Crippen molar-refractivity contribution in [1.82, 2.24) is 15.0 Å². The number of benzene rings is 1. The average molecular weight is 232 g/mol. The fraction of sp³-hybridized carbons (Fsp3) is 0.250. The van der Waals surface area contributed by atoms with Crippen molar-refractivity contribution >= 4 is 0 Å². The van der Waals surface area contributed by atoms with Gasteiger partial charge in [0.2, 0.25) is 0 Å². The second-order valence-corrected chi connectivity index (χ2v) is 3.67. The second-order valence-electron chi connectivity index (χ2n) is 3.67. The lowest BCUT2D eigenvalue weighted by atomic mass is 10.2. The van der Waals surface area contributed by atoms with E-state index in [4.69, 9.17) is 5.73 Å². The van der Waals surface area contributed by atoms with Crippen LogP contribution in [0.1, 0.15) is 11.6 Å². The summed E-state index contributed by atoms with van der Waals surface area (Å²) in [6.45, 7) is 2.26. The van der Waals surface area contributed by atoms with Gasteiger partial charge in [-0.05, 0) is 25.6 Å². The minimum absolute atomic E-state index is 0.305. The topological polar surface area (TPSA) is 64.7 Å². The molecule has 0 radical (unpaired) electrons. The number of rotatable bonds is 3. The Kier molecular flexibility index (Phi) is 3.39. The molecule has 0 amide bonds. The summed E-state index contributed by atoms with van der Waals surface area (Å²) in [5.41, 5.74) is 6.11. The molecular weight excluding hydrogens is 219 g/mol. The Balaban J connectivity index is 2.44. The van der Waals surface area contributed by atoms with Crippen molar-refractivity contribution in [2.45, 2.75) is 13.3 Å². The smallest absolute Gasteiger partial charge is 0.163 e. The first-order valence-corrected chi connectivity index (χ1v) is 5.36. The van der Waals surface area contributed by atoms with Crippen molar-refractivity contribution in [2.75, 3.05) is 6.54 Å². The molecule has 1 aromatic heterocycles. The maximum Gasteiger partial charge on any atom is 0.163 e. The predicted octanol–water partition coefficient (Wildman–Crippen LogP) is 1.49. The number of aryl methyl sites for hydroxylation is 1. The van der Waals surface area contributed by atoms with Gasteiger partial charge >= 0.3 is 0 Å². The van der Waals surface area contributed by atoms with Crippen LogP contribution in [-0.2, 0) is 6.42 Å². The summed E-state index contributed by atoms with van der Waals surface area (Å²) in [6.07, 6.45) is 0.589. The summed E-state index contributed by atoms with van der Waals surface area (Å²) in [6, 6.07) is 6.19. The first-order valence-electron chi connectivity index (χ1n) is 5.36. The van der Waals surface area contributed by atoms with E-state index in [2.05, 4.69) is 15.0 Å². The zero-order valence-corrected chi connectivity index (χ0v) is 9.52. The minimum atomic E-state index is -0.305. The summed E-state index contributed by atoms with van der Waals surface area (Å²) in [5, 5.41) is 0. The fourth-order valence-electron chi connectivity index (χ4n) is 1.53. The highest BCUT2D eigenvalue weighted by Gasteiger charge is 2.06. The molecule has 2 rings (SSSR count). The molecule has 0 fully saturated rings. The van der Waals surface area contributed by atoms with Gasteiger partial charge < -0.3 is 5.73 Å². The predicted molar refractivity (Wildman–Crippen MR) is 62.7 cm³/mol. The lowest BCUT2D eigenvalue weighted by Crippen LogP contribution is -2.09. The van der Waals surface area contributed by atoms with Crippen LogP contribution in [0.5, 0.6) is 0 Å². The van der Waals surface area contributed by atoms with Crippen LogP contribution in [0.25, 0.3) is 11.4 Å². The molecule has 4 nitrogen and oxygen atoms in total. The van der Waals surface area contributed by atoms with Crippen LogP contribution in [0.4, 0.5) is 4.39 Å². The van der Waals surface area contributed by atoms with Crippen molar-refractivity contribution in [3.63, 3.8) is 0 Å². The molecule has 0 saturated carbocycles. The highest BCUT2D eigenvalue weighted by atomic mass is 19.1. The van der Waals surface area contributed by atoms with E-state index in [0.29, 0.717) is 36.0 Å². The summed E-state index contributed by atoms with van der Waals surface area (Å²) < 4.78 is 13.1. The molecule has 0 aliphatic heterocycles.